The lowest BCUT2D eigenvalue weighted by Crippen LogP contribution is -2.51. The van der Waals surface area contributed by atoms with Crippen LogP contribution in [0, 0.1) is 10.1 Å². The summed E-state index contributed by atoms with van der Waals surface area (Å²) in [5, 5.41) is 10.7. The van der Waals surface area contributed by atoms with Crippen LogP contribution in [0.1, 0.15) is 15.9 Å². The van der Waals surface area contributed by atoms with E-state index in [-0.39, 0.29) is 29.9 Å². The Morgan fingerprint density at radius 2 is 1.46 bits per heavy atom. The Kier molecular flexibility index (Phi) is 6.94. The number of nitro groups is 1. The summed E-state index contributed by atoms with van der Waals surface area (Å²) in [6.45, 7) is 1.80. The van der Waals surface area contributed by atoms with E-state index in [1.807, 2.05) is 12.1 Å². The fourth-order valence-corrected chi connectivity index (χ4v) is 2.99. The second-order valence-corrected chi connectivity index (χ2v) is 6.40. The van der Waals surface area contributed by atoms with Crippen LogP contribution in [0.5, 0.6) is 0 Å². The van der Waals surface area contributed by atoms with Crippen molar-refractivity contribution >= 4 is 35.6 Å². The summed E-state index contributed by atoms with van der Waals surface area (Å²) in [5.41, 5.74) is 7.56. The lowest BCUT2D eigenvalue weighted by atomic mass is 10.1. The van der Waals surface area contributed by atoms with Gasteiger partial charge in [-0.1, -0.05) is 12.1 Å². The maximum absolute atomic E-state index is 12.5. The zero-order valence-corrected chi connectivity index (χ0v) is 15.9. The molecule has 2 aromatic carbocycles. The first kappa shape index (κ1) is 21.2. The van der Waals surface area contributed by atoms with E-state index >= 15 is 0 Å². The first-order valence-electron chi connectivity index (χ1n) is 8.60. The minimum absolute atomic E-state index is 0. The maximum Gasteiger partial charge on any atom is 0.269 e. The highest BCUT2D eigenvalue weighted by atomic mass is 35.5. The van der Waals surface area contributed by atoms with Crippen molar-refractivity contribution in [2.24, 2.45) is 0 Å². The van der Waals surface area contributed by atoms with Crippen molar-refractivity contribution in [3.63, 3.8) is 0 Å². The molecule has 0 saturated carbocycles. The SMILES string of the molecule is Cl.Nc1ccc(CC(=O)N2CCN(C(=O)c3ccc([N+](=O)[O-])cc3)CC2)cc1. The van der Waals surface area contributed by atoms with Crippen LogP contribution in [0.15, 0.2) is 48.5 Å². The molecular formula is C19H21ClN4O4. The van der Waals surface area contributed by atoms with Crippen LogP contribution in [0.2, 0.25) is 0 Å². The van der Waals surface area contributed by atoms with Crippen LogP contribution in [-0.2, 0) is 11.2 Å². The Morgan fingerprint density at radius 3 is 2.00 bits per heavy atom. The van der Waals surface area contributed by atoms with Gasteiger partial charge in [-0.05, 0) is 29.8 Å². The molecule has 2 amide bonds. The number of nitrogens with two attached hydrogens (primary N) is 1. The van der Waals surface area contributed by atoms with E-state index in [0.29, 0.717) is 43.9 Å². The molecule has 0 unspecified atom stereocenters. The van der Waals surface area contributed by atoms with E-state index in [4.69, 9.17) is 5.73 Å². The third kappa shape index (κ3) is 4.98. The van der Waals surface area contributed by atoms with Gasteiger partial charge in [-0.3, -0.25) is 19.7 Å². The Labute approximate surface area is 168 Å². The standard InChI is InChI=1S/C19H20N4O4.ClH/c20-16-5-1-14(2-6-16)13-18(24)21-9-11-22(12-10-21)19(25)15-3-7-17(8-4-15)23(26)27;/h1-8H,9-13,20H2;1H. The summed E-state index contributed by atoms with van der Waals surface area (Å²) >= 11 is 0. The highest BCUT2D eigenvalue weighted by Crippen LogP contribution is 2.15. The molecule has 1 aliphatic heterocycles. The molecule has 148 valence electrons. The normalized spacial score (nSPS) is 13.6. The van der Waals surface area contributed by atoms with Gasteiger partial charge in [0.2, 0.25) is 5.91 Å². The van der Waals surface area contributed by atoms with E-state index in [2.05, 4.69) is 0 Å². The molecule has 0 aromatic heterocycles. The molecule has 0 bridgehead atoms. The molecule has 1 saturated heterocycles. The summed E-state index contributed by atoms with van der Waals surface area (Å²) in [5.74, 6) is -0.169. The molecule has 2 N–H and O–H groups in total. The van der Waals surface area contributed by atoms with Crippen LogP contribution >= 0.6 is 12.4 Å². The zero-order valence-electron chi connectivity index (χ0n) is 15.1. The van der Waals surface area contributed by atoms with Crippen molar-refractivity contribution < 1.29 is 14.5 Å². The number of anilines is 1. The molecule has 0 spiro atoms. The fraction of sp³-hybridized carbons (Fsp3) is 0.263. The molecule has 1 fully saturated rings. The number of hydrogen-bond acceptors (Lipinski definition) is 5. The quantitative estimate of drug-likeness (QED) is 0.477. The maximum atomic E-state index is 12.5. The number of amides is 2. The number of halogens is 1. The Balaban J connectivity index is 0.00000280. The van der Waals surface area contributed by atoms with Gasteiger partial charge in [-0.25, -0.2) is 0 Å². The number of carbonyl (C=O) groups is 2. The van der Waals surface area contributed by atoms with Crippen molar-refractivity contribution in [1.82, 2.24) is 9.80 Å². The second-order valence-electron chi connectivity index (χ2n) is 6.40. The third-order valence-corrected chi connectivity index (χ3v) is 4.58. The zero-order chi connectivity index (χ0) is 19.4. The van der Waals surface area contributed by atoms with Crippen molar-refractivity contribution in [2.45, 2.75) is 6.42 Å². The fourth-order valence-electron chi connectivity index (χ4n) is 2.99. The predicted octanol–water partition coefficient (Wildman–Crippen LogP) is 2.13. The number of rotatable bonds is 4. The van der Waals surface area contributed by atoms with E-state index in [9.17, 15) is 19.7 Å². The molecule has 8 nitrogen and oxygen atoms in total. The topological polar surface area (TPSA) is 110 Å². The first-order chi connectivity index (χ1) is 12.9. The molecule has 1 aliphatic rings. The van der Waals surface area contributed by atoms with E-state index < -0.39 is 4.92 Å². The van der Waals surface area contributed by atoms with Crippen LogP contribution in [0.25, 0.3) is 0 Å². The van der Waals surface area contributed by atoms with Gasteiger partial charge in [0.1, 0.15) is 0 Å². The van der Waals surface area contributed by atoms with E-state index in [1.54, 1.807) is 21.9 Å². The summed E-state index contributed by atoms with van der Waals surface area (Å²) < 4.78 is 0. The Hall–Kier alpha value is -3.13. The average Bonchev–Trinajstić information content (AvgIpc) is 2.69. The van der Waals surface area contributed by atoms with Crippen molar-refractivity contribution in [3.05, 3.63) is 69.8 Å². The summed E-state index contributed by atoms with van der Waals surface area (Å²) in [6.07, 6.45) is 0.302. The number of nitrogen functional groups attached to an aromatic ring is 1. The lowest BCUT2D eigenvalue weighted by molar-refractivity contribution is -0.384. The first-order valence-corrected chi connectivity index (χ1v) is 8.60. The molecule has 0 radical (unpaired) electrons. The monoisotopic (exact) mass is 404 g/mol. The molecule has 0 aliphatic carbocycles. The molecule has 9 heteroatoms. The lowest BCUT2D eigenvalue weighted by Gasteiger charge is -2.35. The number of benzene rings is 2. The van der Waals surface area contributed by atoms with Gasteiger partial charge in [0.25, 0.3) is 11.6 Å². The third-order valence-electron chi connectivity index (χ3n) is 4.58. The second kappa shape index (κ2) is 9.18. The molecule has 0 atom stereocenters. The largest absolute Gasteiger partial charge is 0.399 e. The average molecular weight is 405 g/mol. The summed E-state index contributed by atoms with van der Waals surface area (Å²) in [4.78, 5) is 38.6. The van der Waals surface area contributed by atoms with Crippen LogP contribution in [-0.4, -0.2) is 52.7 Å². The number of nitro benzene ring substituents is 1. The minimum Gasteiger partial charge on any atom is -0.399 e. The number of nitrogens with zero attached hydrogens (tertiary/aromatic N) is 3. The Morgan fingerprint density at radius 1 is 0.929 bits per heavy atom. The van der Waals surface area contributed by atoms with Crippen LogP contribution < -0.4 is 5.73 Å². The minimum atomic E-state index is -0.500. The van der Waals surface area contributed by atoms with Crippen molar-refractivity contribution in [3.8, 4) is 0 Å². The highest BCUT2D eigenvalue weighted by Gasteiger charge is 2.25. The number of carbonyl (C=O) groups excluding carboxylic acids is 2. The number of non-ortho nitro benzene ring substituents is 1. The molecule has 28 heavy (non-hydrogen) atoms. The van der Waals surface area contributed by atoms with Gasteiger partial charge in [0.05, 0.1) is 11.3 Å². The van der Waals surface area contributed by atoms with Gasteiger partial charge in [0.15, 0.2) is 0 Å². The van der Waals surface area contributed by atoms with Gasteiger partial charge in [-0.2, -0.15) is 0 Å². The van der Waals surface area contributed by atoms with Gasteiger partial charge in [0, 0.05) is 49.6 Å². The van der Waals surface area contributed by atoms with Crippen LogP contribution in [0.4, 0.5) is 11.4 Å². The van der Waals surface area contributed by atoms with E-state index in [1.165, 1.54) is 24.3 Å². The van der Waals surface area contributed by atoms with Crippen LogP contribution in [0.3, 0.4) is 0 Å². The molecule has 3 rings (SSSR count). The van der Waals surface area contributed by atoms with Gasteiger partial charge >= 0.3 is 0 Å². The van der Waals surface area contributed by atoms with Gasteiger partial charge in [-0.15, -0.1) is 12.4 Å². The van der Waals surface area contributed by atoms with Crippen molar-refractivity contribution in [1.29, 1.82) is 0 Å². The molecule has 2 aromatic rings. The van der Waals surface area contributed by atoms with E-state index in [0.717, 1.165) is 5.56 Å². The smallest absolute Gasteiger partial charge is 0.269 e. The molecular weight excluding hydrogens is 384 g/mol. The predicted molar refractivity (Wildman–Crippen MR) is 107 cm³/mol. The molecule has 1 heterocycles. The van der Waals surface area contributed by atoms with Crippen molar-refractivity contribution in [2.75, 3.05) is 31.9 Å². The number of piperazine rings is 1. The Bertz CT molecular complexity index is 847. The highest BCUT2D eigenvalue weighted by molar-refractivity contribution is 5.94. The summed E-state index contributed by atoms with van der Waals surface area (Å²) in [6, 6.07) is 12.8. The number of hydrogen-bond donors (Lipinski definition) is 1. The summed E-state index contributed by atoms with van der Waals surface area (Å²) in [7, 11) is 0. The van der Waals surface area contributed by atoms with Gasteiger partial charge < -0.3 is 15.5 Å².